The molecule has 5 rings (SSSR count). The van der Waals surface area contributed by atoms with Crippen LogP contribution in [0.1, 0.15) is 50.2 Å². The molecule has 3 aliphatic carbocycles. The summed E-state index contributed by atoms with van der Waals surface area (Å²) in [6.07, 6.45) is 5.98. The van der Waals surface area contributed by atoms with Crippen LogP contribution in [0, 0.1) is 11.8 Å². The van der Waals surface area contributed by atoms with Crippen LogP contribution < -0.4 is 0 Å². The smallest absolute Gasteiger partial charge is 0.115 e. The van der Waals surface area contributed by atoms with Crippen molar-refractivity contribution >= 4 is 0 Å². The molecule has 0 spiro atoms. The summed E-state index contributed by atoms with van der Waals surface area (Å²) in [7, 11) is 1.88. The van der Waals surface area contributed by atoms with E-state index in [1.807, 2.05) is 19.2 Å². The van der Waals surface area contributed by atoms with Crippen LogP contribution in [0.3, 0.4) is 0 Å². The van der Waals surface area contributed by atoms with Crippen LogP contribution in [0.4, 0.5) is 0 Å². The minimum Gasteiger partial charge on any atom is -0.508 e. The molecule has 3 fully saturated rings. The van der Waals surface area contributed by atoms with Crippen LogP contribution in [0.5, 0.6) is 5.75 Å². The number of phenolic OH excluding ortho intramolecular Hbond substituents is 1. The monoisotopic (exact) mass is 357 g/mol. The number of nitrogens with zero attached hydrogens (tertiary/aromatic N) is 1. The molecule has 2 saturated carbocycles. The highest BCUT2D eigenvalue weighted by molar-refractivity contribution is 5.49. The molecule has 26 heavy (non-hydrogen) atoms. The third-order valence-corrected chi connectivity index (χ3v) is 8.00. The maximum Gasteiger partial charge on any atom is 0.115 e. The van der Waals surface area contributed by atoms with E-state index in [-0.39, 0.29) is 17.1 Å². The van der Waals surface area contributed by atoms with Crippen LogP contribution in [0.2, 0.25) is 0 Å². The first-order valence-electron chi connectivity index (χ1n) is 10.3. The second-order valence-electron chi connectivity index (χ2n) is 9.32. The largest absolute Gasteiger partial charge is 0.508 e. The number of aromatic hydroxyl groups is 1. The number of piperidine rings is 1. The zero-order chi connectivity index (χ0) is 18.1. The number of ether oxygens (including phenoxy) is 1. The van der Waals surface area contributed by atoms with E-state index in [0.717, 1.165) is 38.1 Å². The number of aliphatic hydroxyl groups is 1. The molecule has 4 nitrogen and oxygen atoms in total. The van der Waals surface area contributed by atoms with Gasteiger partial charge in [-0.1, -0.05) is 13.0 Å². The first-order valence-corrected chi connectivity index (χ1v) is 10.3. The van der Waals surface area contributed by atoms with Gasteiger partial charge < -0.3 is 14.9 Å². The molecule has 1 saturated heterocycles. The number of hydrogen-bond donors (Lipinski definition) is 2. The van der Waals surface area contributed by atoms with E-state index in [0.29, 0.717) is 17.7 Å². The Kier molecular flexibility index (Phi) is 3.73. The van der Waals surface area contributed by atoms with Gasteiger partial charge in [-0.2, -0.15) is 0 Å². The maximum absolute atomic E-state index is 10.7. The van der Waals surface area contributed by atoms with Gasteiger partial charge in [-0.15, -0.1) is 0 Å². The van der Waals surface area contributed by atoms with Gasteiger partial charge in [-0.25, -0.2) is 0 Å². The van der Waals surface area contributed by atoms with E-state index in [4.69, 9.17) is 4.74 Å². The summed E-state index contributed by atoms with van der Waals surface area (Å²) in [6.45, 7) is 4.53. The molecule has 1 aliphatic heterocycles. The molecule has 0 aromatic heterocycles. The summed E-state index contributed by atoms with van der Waals surface area (Å²) in [5.74, 6) is 1.48. The van der Waals surface area contributed by atoms with Crippen LogP contribution in [0.25, 0.3) is 0 Å². The molecule has 1 heterocycles. The van der Waals surface area contributed by atoms with Gasteiger partial charge in [0.2, 0.25) is 0 Å². The van der Waals surface area contributed by atoms with Crippen molar-refractivity contribution in [3.05, 3.63) is 29.3 Å². The van der Waals surface area contributed by atoms with Crippen molar-refractivity contribution < 1.29 is 14.9 Å². The van der Waals surface area contributed by atoms with Crippen molar-refractivity contribution in [1.29, 1.82) is 0 Å². The number of fused-ring (bicyclic) bond motifs is 1. The van der Waals surface area contributed by atoms with E-state index in [1.54, 1.807) is 0 Å². The third kappa shape index (κ3) is 2.12. The van der Waals surface area contributed by atoms with E-state index < -0.39 is 0 Å². The average molecular weight is 357 g/mol. The lowest BCUT2D eigenvalue weighted by Crippen LogP contribution is -2.76. The zero-order valence-electron chi connectivity index (χ0n) is 15.9. The van der Waals surface area contributed by atoms with Crippen molar-refractivity contribution in [2.24, 2.45) is 11.8 Å². The predicted octanol–water partition coefficient (Wildman–Crippen LogP) is 2.85. The Morgan fingerprint density at radius 1 is 1.31 bits per heavy atom. The third-order valence-electron chi connectivity index (χ3n) is 8.00. The Labute approximate surface area is 156 Å². The van der Waals surface area contributed by atoms with Gasteiger partial charge in [0.15, 0.2) is 0 Å². The molecule has 5 atom stereocenters. The van der Waals surface area contributed by atoms with Crippen molar-refractivity contribution in [3.63, 3.8) is 0 Å². The van der Waals surface area contributed by atoms with Gasteiger partial charge in [0.05, 0.1) is 11.7 Å². The number of hydrogen-bond acceptors (Lipinski definition) is 4. The number of phenols is 1. The fraction of sp³-hybridized carbons (Fsp3) is 0.727. The molecule has 4 aliphatic rings. The molecule has 2 unspecified atom stereocenters. The Bertz CT molecular complexity index is 717. The molecule has 0 radical (unpaired) electrons. The minimum absolute atomic E-state index is 0.199. The Balaban J connectivity index is 1.70. The Hall–Kier alpha value is -1.10. The maximum atomic E-state index is 10.7. The van der Waals surface area contributed by atoms with Crippen LogP contribution >= 0.6 is 0 Å². The van der Waals surface area contributed by atoms with Crippen LogP contribution in [0.15, 0.2) is 18.2 Å². The molecular formula is C22H31NO3. The molecule has 142 valence electrons. The predicted molar refractivity (Wildman–Crippen MR) is 100 cm³/mol. The van der Waals surface area contributed by atoms with Gasteiger partial charge in [0, 0.05) is 25.1 Å². The average Bonchev–Trinajstić information content (AvgIpc) is 3.42. The van der Waals surface area contributed by atoms with E-state index in [9.17, 15) is 10.2 Å². The molecule has 2 bridgehead atoms. The molecular weight excluding hydrogens is 326 g/mol. The highest BCUT2D eigenvalue weighted by Crippen LogP contribution is 2.62. The molecule has 1 aromatic rings. The highest BCUT2D eigenvalue weighted by Gasteiger charge is 2.68. The van der Waals surface area contributed by atoms with Gasteiger partial charge in [-0.3, -0.25) is 4.90 Å². The lowest BCUT2D eigenvalue weighted by molar-refractivity contribution is -0.225. The summed E-state index contributed by atoms with van der Waals surface area (Å²) >= 11 is 0. The van der Waals surface area contributed by atoms with E-state index in [2.05, 4.69) is 17.9 Å². The molecule has 0 amide bonds. The van der Waals surface area contributed by atoms with Crippen molar-refractivity contribution in [2.45, 2.75) is 68.6 Å². The fourth-order valence-corrected chi connectivity index (χ4v) is 6.92. The summed E-state index contributed by atoms with van der Waals surface area (Å²) in [5.41, 5.74) is 2.09. The van der Waals surface area contributed by atoms with Crippen LogP contribution in [-0.2, 0) is 16.6 Å². The first kappa shape index (κ1) is 17.0. The number of likely N-dealkylation sites (tertiary alicyclic amines) is 1. The topological polar surface area (TPSA) is 52.9 Å². The number of rotatable bonds is 3. The SMILES string of the molecule is COC12[C@@H](C)CC(O)C[C@@]13CCN(CC1CC1)[C@@H]2Cc1ccc(O)cc13. The molecule has 4 heteroatoms. The molecule has 1 aromatic carbocycles. The quantitative estimate of drug-likeness (QED) is 0.873. The lowest BCUT2D eigenvalue weighted by atomic mass is 9.46. The second-order valence-corrected chi connectivity index (χ2v) is 9.32. The summed E-state index contributed by atoms with van der Waals surface area (Å²) in [6, 6.07) is 6.24. The zero-order valence-corrected chi connectivity index (χ0v) is 15.9. The van der Waals surface area contributed by atoms with Gasteiger partial charge in [0.25, 0.3) is 0 Å². The number of aliphatic hydroxyl groups excluding tert-OH is 1. The highest BCUT2D eigenvalue weighted by atomic mass is 16.5. The molecule has 2 N–H and O–H groups in total. The number of benzene rings is 1. The van der Waals surface area contributed by atoms with E-state index in [1.165, 1.54) is 30.5 Å². The van der Waals surface area contributed by atoms with Crippen molar-refractivity contribution in [1.82, 2.24) is 4.90 Å². The first-order chi connectivity index (χ1) is 12.5. The second kappa shape index (κ2) is 5.70. The van der Waals surface area contributed by atoms with Gasteiger partial charge >= 0.3 is 0 Å². The summed E-state index contributed by atoms with van der Waals surface area (Å²) in [4.78, 5) is 2.70. The normalized spacial score (nSPS) is 42.2. The Morgan fingerprint density at radius 2 is 2.12 bits per heavy atom. The standard InChI is InChI=1S/C22H31NO3/c1-14-9-18(25)12-21-7-8-23(13-15-3-4-15)20(22(14,21)26-2)10-16-5-6-17(24)11-19(16)21/h5-6,11,14-15,18,20,24-25H,3-4,7-10,12-13H2,1-2H3/t14-,18?,20+,21+,22?/m0/s1. The van der Waals surface area contributed by atoms with Gasteiger partial charge in [-0.05, 0) is 80.2 Å². The number of methoxy groups -OCH3 is 1. The van der Waals surface area contributed by atoms with Crippen LogP contribution in [-0.4, -0.2) is 53.1 Å². The summed E-state index contributed by atoms with van der Waals surface area (Å²) < 4.78 is 6.50. The Morgan fingerprint density at radius 3 is 2.85 bits per heavy atom. The minimum atomic E-state index is -0.294. The van der Waals surface area contributed by atoms with Gasteiger partial charge in [0.1, 0.15) is 5.75 Å². The van der Waals surface area contributed by atoms with Crippen molar-refractivity contribution in [2.75, 3.05) is 20.2 Å². The fourth-order valence-electron chi connectivity index (χ4n) is 6.92. The lowest BCUT2D eigenvalue weighted by Gasteiger charge is -2.68. The van der Waals surface area contributed by atoms with E-state index >= 15 is 0 Å². The van der Waals surface area contributed by atoms with Crippen molar-refractivity contribution in [3.8, 4) is 5.75 Å². The summed E-state index contributed by atoms with van der Waals surface area (Å²) in [5, 5.41) is 20.9.